The lowest BCUT2D eigenvalue weighted by molar-refractivity contribution is 0.174. The third-order valence-electron chi connectivity index (χ3n) is 4.05. The summed E-state index contributed by atoms with van der Waals surface area (Å²) in [6, 6.07) is 1.99. The Morgan fingerprint density at radius 3 is 2.67 bits per heavy atom. The van der Waals surface area contributed by atoms with Gasteiger partial charge >= 0.3 is 0 Å². The van der Waals surface area contributed by atoms with Crippen LogP contribution in [0, 0.1) is 6.92 Å². The first kappa shape index (κ1) is 12.1. The van der Waals surface area contributed by atoms with Gasteiger partial charge in [0.1, 0.15) is 0 Å². The minimum atomic E-state index is -0.305. The molecule has 0 amide bonds. The lowest BCUT2D eigenvalue weighted by Crippen LogP contribution is -2.39. The smallest absolute Gasteiger partial charge is 0.231 e. The van der Waals surface area contributed by atoms with E-state index < -0.39 is 0 Å². The van der Waals surface area contributed by atoms with Gasteiger partial charge in [-0.05, 0) is 37.0 Å². The molecule has 0 bridgehead atoms. The van der Waals surface area contributed by atoms with E-state index in [2.05, 4.69) is 0 Å². The summed E-state index contributed by atoms with van der Waals surface area (Å²) in [6.45, 7) is 2.29. The van der Waals surface area contributed by atoms with Gasteiger partial charge in [0, 0.05) is 5.54 Å². The summed E-state index contributed by atoms with van der Waals surface area (Å²) >= 11 is 6.50. The van der Waals surface area contributed by atoms with Gasteiger partial charge in [-0.25, -0.2) is 0 Å². The van der Waals surface area contributed by atoms with Crippen LogP contribution in [0.5, 0.6) is 11.5 Å². The van der Waals surface area contributed by atoms with Crippen LogP contribution in [0.25, 0.3) is 0 Å². The van der Waals surface area contributed by atoms with E-state index in [1.807, 2.05) is 13.0 Å². The Morgan fingerprint density at radius 1 is 1.22 bits per heavy atom. The molecule has 0 saturated heterocycles. The van der Waals surface area contributed by atoms with Gasteiger partial charge in [0.2, 0.25) is 6.79 Å². The zero-order valence-corrected chi connectivity index (χ0v) is 11.3. The molecule has 0 radical (unpaired) electrons. The van der Waals surface area contributed by atoms with Crippen molar-refractivity contribution in [3.63, 3.8) is 0 Å². The fraction of sp³-hybridized carbons (Fsp3) is 0.571. The molecule has 98 valence electrons. The third kappa shape index (κ3) is 1.77. The van der Waals surface area contributed by atoms with Crippen molar-refractivity contribution in [2.75, 3.05) is 6.79 Å². The summed E-state index contributed by atoms with van der Waals surface area (Å²) in [5, 5.41) is 0.645. The van der Waals surface area contributed by atoms with E-state index >= 15 is 0 Å². The van der Waals surface area contributed by atoms with Crippen LogP contribution >= 0.6 is 11.6 Å². The maximum absolute atomic E-state index is 6.60. The average Bonchev–Trinajstić information content (AvgIpc) is 2.77. The Bertz CT molecular complexity index is 481. The minimum absolute atomic E-state index is 0.246. The molecular formula is C14H18ClNO2. The quantitative estimate of drug-likeness (QED) is 0.847. The van der Waals surface area contributed by atoms with Crippen molar-refractivity contribution in [2.45, 2.75) is 44.6 Å². The van der Waals surface area contributed by atoms with E-state index in [4.69, 9.17) is 26.8 Å². The number of aryl methyl sites for hydroxylation is 1. The molecule has 0 spiro atoms. The van der Waals surface area contributed by atoms with Crippen LogP contribution in [0.2, 0.25) is 5.02 Å². The Morgan fingerprint density at radius 2 is 1.94 bits per heavy atom. The zero-order chi connectivity index (χ0) is 12.8. The summed E-state index contributed by atoms with van der Waals surface area (Å²) in [6.07, 6.45) is 5.59. The molecular weight excluding hydrogens is 250 g/mol. The van der Waals surface area contributed by atoms with Crippen molar-refractivity contribution in [1.82, 2.24) is 0 Å². The number of hydrogen-bond acceptors (Lipinski definition) is 3. The molecule has 0 aromatic heterocycles. The molecule has 4 heteroatoms. The van der Waals surface area contributed by atoms with E-state index in [9.17, 15) is 0 Å². The first-order valence-electron chi connectivity index (χ1n) is 6.50. The summed E-state index contributed by atoms with van der Waals surface area (Å²) in [4.78, 5) is 0. The highest BCUT2D eigenvalue weighted by atomic mass is 35.5. The Labute approximate surface area is 112 Å². The number of benzene rings is 1. The van der Waals surface area contributed by atoms with E-state index in [0.717, 1.165) is 29.7 Å². The van der Waals surface area contributed by atoms with Gasteiger partial charge in [-0.1, -0.05) is 30.9 Å². The number of hydrogen-bond donors (Lipinski definition) is 1. The second kappa shape index (κ2) is 4.32. The number of rotatable bonds is 1. The molecule has 1 aliphatic heterocycles. The van der Waals surface area contributed by atoms with Crippen molar-refractivity contribution in [3.05, 3.63) is 22.2 Å². The number of halogens is 1. The number of fused-ring (bicyclic) bond motifs is 1. The lowest BCUT2D eigenvalue weighted by Gasteiger charge is -2.36. The predicted molar refractivity (Wildman–Crippen MR) is 71.3 cm³/mol. The molecule has 1 heterocycles. The lowest BCUT2D eigenvalue weighted by atomic mass is 9.76. The van der Waals surface area contributed by atoms with Crippen LogP contribution in [0.3, 0.4) is 0 Å². The molecule has 3 rings (SSSR count). The van der Waals surface area contributed by atoms with Crippen molar-refractivity contribution >= 4 is 11.6 Å². The van der Waals surface area contributed by atoms with Gasteiger partial charge in [0.15, 0.2) is 11.5 Å². The van der Waals surface area contributed by atoms with E-state index in [-0.39, 0.29) is 12.3 Å². The molecule has 0 unspecified atom stereocenters. The minimum Gasteiger partial charge on any atom is -0.454 e. The summed E-state index contributed by atoms with van der Waals surface area (Å²) in [5.41, 5.74) is 8.44. The van der Waals surface area contributed by atoms with Gasteiger partial charge < -0.3 is 15.2 Å². The molecule has 2 N–H and O–H groups in total. The SMILES string of the molecule is Cc1cc2c(c(Cl)c1C1(N)CCCCC1)OCO2. The van der Waals surface area contributed by atoms with E-state index in [1.54, 1.807) is 0 Å². The third-order valence-corrected chi connectivity index (χ3v) is 4.41. The zero-order valence-electron chi connectivity index (χ0n) is 10.6. The molecule has 1 aromatic rings. The second-order valence-electron chi connectivity index (χ2n) is 5.33. The normalized spacial score (nSPS) is 21.1. The highest BCUT2D eigenvalue weighted by molar-refractivity contribution is 6.33. The fourth-order valence-electron chi connectivity index (χ4n) is 3.17. The molecule has 0 atom stereocenters. The van der Waals surface area contributed by atoms with Crippen LogP contribution in [0.15, 0.2) is 6.07 Å². The summed E-state index contributed by atoms with van der Waals surface area (Å²) in [5.74, 6) is 1.40. The van der Waals surface area contributed by atoms with Gasteiger partial charge in [-0.15, -0.1) is 0 Å². The second-order valence-corrected chi connectivity index (χ2v) is 5.71. The Kier molecular flexibility index (Phi) is 2.91. The van der Waals surface area contributed by atoms with Gasteiger partial charge in [0.25, 0.3) is 0 Å². The maximum atomic E-state index is 6.60. The van der Waals surface area contributed by atoms with E-state index in [1.165, 1.54) is 19.3 Å². The van der Waals surface area contributed by atoms with Crippen LogP contribution < -0.4 is 15.2 Å². The van der Waals surface area contributed by atoms with Gasteiger partial charge in [-0.3, -0.25) is 0 Å². The first-order chi connectivity index (χ1) is 8.62. The Balaban J connectivity index is 2.11. The van der Waals surface area contributed by atoms with Crippen LogP contribution in [-0.2, 0) is 5.54 Å². The molecule has 3 nitrogen and oxygen atoms in total. The van der Waals surface area contributed by atoms with Crippen molar-refractivity contribution in [3.8, 4) is 11.5 Å². The van der Waals surface area contributed by atoms with Crippen molar-refractivity contribution < 1.29 is 9.47 Å². The van der Waals surface area contributed by atoms with E-state index in [0.29, 0.717) is 10.8 Å². The fourth-order valence-corrected chi connectivity index (χ4v) is 3.65. The molecule has 1 aliphatic carbocycles. The largest absolute Gasteiger partial charge is 0.454 e. The molecule has 1 aromatic carbocycles. The average molecular weight is 268 g/mol. The predicted octanol–water partition coefficient (Wildman–Crippen LogP) is 3.50. The van der Waals surface area contributed by atoms with Crippen LogP contribution in [-0.4, -0.2) is 6.79 Å². The monoisotopic (exact) mass is 267 g/mol. The molecule has 1 fully saturated rings. The van der Waals surface area contributed by atoms with Crippen LogP contribution in [0.4, 0.5) is 0 Å². The van der Waals surface area contributed by atoms with Gasteiger partial charge in [0.05, 0.1) is 5.02 Å². The standard InChI is InChI=1S/C14H18ClNO2/c1-9-7-10-13(18-8-17-10)12(15)11(9)14(16)5-3-2-4-6-14/h7H,2-6,8,16H2,1H3. The number of nitrogens with two attached hydrogens (primary N) is 1. The van der Waals surface area contributed by atoms with Crippen molar-refractivity contribution in [1.29, 1.82) is 0 Å². The molecule has 1 saturated carbocycles. The summed E-state index contributed by atoms with van der Waals surface area (Å²) < 4.78 is 10.8. The van der Waals surface area contributed by atoms with Gasteiger partial charge in [-0.2, -0.15) is 0 Å². The van der Waals surface area contributed by atoms with Crippen molar-refractivity contribution in [2.24, 2.45) is 5.73 Å². The Hall–Kier alpha value is -0.930. The topological polar surface area (TPSA) is 44.5 Å². The first-order valence-corrected chi connectivity index (χ1v) is 6.88. The van der Waals surface area contributed by atoms with Crippen LogP contribution in [0.1, 0.15) is 43.2 Å². The molecule has 2 aliphatic rings. The highest BCUT2D eigenvalue weighted by Crippen LogP contribution is 2.48. The maximum Gasteiger partial charge on any atom is 0.231 e. The number of ether oxygens (including phenoxy) is 2. The summed E-state index contributed by atoms with van der Waals surface area (Å²) in [7, 11) is 0. The molecule has 18 heavy (non-hydrogen) atoms. The highest BCUT2D eigenvalue weighted by Gasteiger charge is 2.35.